The number of nitrogens with zero attached hydrogens (tertiary/aromatic N) is 1. The van der Waals surface area contributed by atoms with Crippen LogP contribution in [-0.4, -0.2) is 15.9 Å². The summed E-state index contributed by atoms with van der Waals surface area (Å²) < 4.78 is 5.84. The van der Waals surface area contributed by atoms with E-state index < -0.39 is 6.09 Å². The van der Waals surface area contributed by atoms with Crippen LogP contribution in [0.25, 0.3) is 0 Å². The van der Waals surface area contributed by atoms with E-state index in [4.69, 9.17) is 4.74 Å². The summed E-state index contributed by atoms with van der Waals surface area (Å²) in [7, 11) is 0. The average Bonchev–Trinajstić information content (AvgIpc) is 2.04. The van der Waals surface area contributed by atoms with Crippen LogP contribution in [0.3, 0.4) is 0 Å². The maximum atomic E-state index is 10.9. The van der Waals surface area contributed by atoms with Crippen molar-refractivity contribution in [1.29, 1.82) is 0 Å². The van der Waals surface area contributed by atoms with Crippen molar-refractivity contribution >= 4 is 31.7 Å². The maximum Gasteiger partial charge on any atom is 0.430 e. The smallest absolute Gasteiger partial charge is 0.430 e. The Balaban J connectivity index is 0. The summed E-state index contributed by atoms with van der Waals surface area (Å²) >= 11 is 7.40. The molecule has 0 rings (SSSR count). The van der Waals surface area contributed by atoms with Gasteiger partial charge in [-0.1, -0.05) is 19.8 Å². The molecule has 0 aromatic heterocycles. The van der Waals surface area contributed by atoms with Gasteiger partial charge in [0.1, 0.15) is 6.10 Å². The predicted octanol–water partition coefficient (Wildman–Crippen LogP) is 3.08. The molecule has 3 nitrogen and oxygen atoms in total. The molecule has 0 radical (unpaired) electrons. The van der Waals surface area contributed by atoms with Crippen molar-refractivity contribution < 1.29 is 29.0 Å². The number of hydrogen-bond donors (Lipinski definition) is 2. The number of amides is 1. The van der Waals surface area contributed by atoms with Gasteiger partial charge in [0.15, 0.2) is 0 Å². The second-order valence-electron chi connectivity index (χ2n) is 2.98. The molecule has 6 heteroatoms. The molecule has 0 aliphatic carbocycles. The second kappa shape index (κ2) is 10.1. The fraction of sp³-hybridized carbons (Fsp3) is 0.875. The quantitative estimate of drug-likeness (QED) is 0.462. The normalized spacial score (nSPS) is 11.4. The Morgan fingerprint density at radius 3 is 2.43 bits per heavy atom. The van der Waals surface area contributed by atoms with Crippen LogP contribution < -0.4 is 0 Å². The molecule has 1 unspecified atom stereocenters. The molecular formula is C8H17NO2S2Zn. The summed E-state index contributed by atoms with van der Waals surface area (Å²) in [6, 6.07) is 0. The predicted molar refractivity (Wildman–Crippen MR) is 59.9 cm³/mol. The zero-order valence-corrected chi connectivity index (χ0v) is 13.5. The van der Waals surface area contributed by atoms with Crippen LogP contribution in [0.5, 0.6) is 0 Å². The van der Waals surface area contributed by atoms with Crippen molar-refractivity contribution in [3.8, 4) is 0 Å². The van der Waals surface area contributed by atoms with Crippen LogP contribution in [-0.2, 0) is 24.2 Å². The Morgan fingerprint density at radius 2 is 2.00 bits per heavy atom. The van der Waals surface area contributed by atoms with E-state index in [1.807, 2.05) is 6.92 Å². The van der Waals surface area contributed by atoms with E-state index in [1.54, 1.807) is 0 Å². The van der Waals surface area contributed by atoms with E-state index in [0.717, 1.165) is 16.6 Å². The third kappa shape index (κ3) is 9.16. The van der Waals surface area contributed by atoms with Gasteiger partial charge in [-0.15, -0.1) is 0 Å². The summed E-state index contributed by atoms with van der Waals surface area (Å²) in [6.45, 7) is 4.01. The number of thiol groups is 2. The van der Waals surface area contributed by atoms with Gasteiger partial charge in [0.2, 0.25) is 0 Å². The van der Waals surface area contributed by atoms with E-state index in [1.165, 1.54) is 12.8 Å². The SMILES string of the molecule is CCCCCC(C)OC(=O)N(S)S.[Zn]. The van der Waals surface area contributed by atoms with Crippen LogP contribution in [0.1, 0.15) is 39.5 Å². The van der Waals surface area contributed by atoms with Gasteiger partial charge in [-0.25, -0.2) is 4.79 Å². The first kappa shape index (κ1) is 17.0. The number of carbonyl (C=O) groups excluding carboxylic acids is 1. The molecule has 0 spiro atoms. The average molecular weight is 289 g/mol. The monoisotopic (exact) mass is 287 g/mol. The van der Waals surface area contributed by atoms with Crippen molar-refractivity contribution in [2.75, 3.05) is 0 Å². The van der Waals surface area contributed by atoms with Crippen LogP contribution in [0.15, 0.2) is 0 Å². The number of hydrogen-bond acceptors (Lipinski definition) is 4. The Bertz CT molecular complexity index is 158. The van der Waals surface area contributed by atoms with Crippen molar-refractivity contribution in [3.05, 3.63) is 0 Å². The van der Waals surface area contributed by atoms with Gasteiger partial charge in [0.25, 0.3) is 0 Å². The van der Waals surface area contributed by atoms with Gasteiger partial charge in [-0.05, 0) is 45.4 Å². The first-order valence-corrected chi connectivity index (χ1v) is 5.26. The van der Waals surface area contributed by atoms with Gasteiger partial charge in [-0.3, -0.25) is 0 Å². The summed E-state index contributed by atoms with van der Waals surface area (Å²) in [5, 5.41) is 0. The van der Waals surface area contributed by atoms with E-state index in [2.05, 4.69) is 32.6 Å². The van der Waals surface area contributed by atoms with Gasteiger partial charge < -0.3 is 4.74 Å². The van der Waals surface area contributed by atoms with E-state index >= 15 is 0 Å². The molecule has 14 heavy (non-hydrogen) atoms. The first-order chi connectivity index (χ1) is 6.07. The van der Waals surface area contributed by atoms with E-state index in [0.29, 0.717) is 0 Å². The van der Waals surface area contributed by atoms with Crippen molar-refractivity contribution in [2.45, 2.75) is 45.6 Å². The van der Waals surface area contributed by atoms with Crippen LogP contribution >= 0.6 is 25.6 Å². The minimum Gasteiger partial charge on any atom is -0.445 e. The van der Waals surface area contributed by atoms with Crippen LogP contribution in [0.2, 0.25) is 0 Å². The van der Waals surface area contributed by atoms with Gasteiger partial charge in [-0.2, -0.15) is 3.71 Å². The molecule has 0 aliphatic rings. The second-order valence-corrected chi connectivity index (χ2v) is 4.10. The summed E-state index contributed by atoms with van der Waals surface area (Å²) in [4.78, 5) is 10.9. The molecule has 0 saturated heterocycles. The summed E-state index contributed by atoms with van der Waals surface area (Å²) in [6.07, 6.45) is 3.76. The summed E-state index contributed by atoms with van der Waals surface area (Å²) in [5.41, 5.74) is 0. The molecule has 0 heterocycles. The maximum absolute atomic E-state index is 10.9. The Labute approximate surface area is 110 Å². The van der Waals surface area contributed by atoms with Crippen LogP contribution in [0, 0.1) is 0 Å². The molecule has 0 N–H and O–H groups in total. The summed E-state index contributed by atoms with van der Waals surface area (Å²) in [5.74, 6) is 0. The third-order valence-electron chi connectivity index (χ3n) is 1.68. The molecule has 0 saturated carbocycles. The number of rotatable bonds is 5. The van der Waals surface area contributed by atoms with Crippen LogP contribution in [0.4, 0.5) is 4.79 Å². The molecule has 0 aromatic rings. The van der Waals surface area contributed by atoms with Gasteiger partial charge in [0.05, 0.1) is 0 Å². The zero-order valence-electron chi connectivity index (χ0n) is 8.77. The number of carbonyl (C=O) groups is 1. The molecule has 0 bridgehead atoms. The van der Waals surface area contributed by atoms with E-state index in [-0.39, 0.29) is 25.6 Å². The molecular weight excluding hydrogens is 272 g/mol. The fourth-order valence-corrected chi connectivity index (χ4v) is 1.05. The minimum atomic E-state index is -0.518. The standard InChI is InChI=1S/C8H17NO2S2.Zn/c1-3-4-5-6-7(2)11-8(10)9(12)13;/h7,12-13H,3-6H2,1-2H3;. The molecule has 0 fully saturated rings. The van der Waals surface area contributed by atoms with Gasteiger partial charge in [0, 0.05) is 19.5 Å². The fourth-order valence-electron chi connectivity index (χ4n) is 0.960. The van der Waals surface area contributed by atoms with Crippen molar-refractivity contribution in [2.24, 2.45) is 0 Å². The third-order valence-corrected chi connectivity index (χ3v) is 2.01. The zero-order chi connectivity index (χ0) is 10.3. The largest absolute Gasteiger partial charge is 0.445 e. The molecule has 1 amide bonds. The van der Waals surface area contributed by atoms with Crippen molar-refractivity contribution in [1.82, 2.24) is 3.71 Å². The molecule has 0 aliphatic heterocycles. The van der Waals surface area contributed by atoms with Gasteiger partial charge >= 0.3 is 6.09 Å². The minimum absolute atomic E-state index is 0. The first-order valence-electron chi connectivity index (χ1n) is 4.46. The van der Waals surface area contributed by atoms with Crippen molar-refractivity contribution in [3.63, 3.8) is 0 Å². The number of ether oxygens (including phenoxy) is 1. The Hall–Kier alpha value is 0.593. The molecule has 1 atom stereocenters. The number of unbranched alkanes of at least 4 members (excludes halogenated alkanes) is 2. The Morgan fingerprint density at radius 1 is 1.43 bits per heavy atom. The molecule has 0 aromatic carbocycles. The van der Waals surface area contributed by atoms with E-state index in [9.17, 15) is 4.79 Å². The topological polar surface area (TPSA) is 29.5 Å². The Kier molecular flexibility index (Phi) is 12.3. The molecule has 80 valence electrons.